The topological polar surface area (TPSA) is 37.4 Å². The van der Waals surface area contributed by atoms with Gasteiger partial charge in [-0.15, -0.1) is 0 Å². The Morgan fingerprint density at radius 3 is 2.19 bits per heavy atom. The Bertz CT molecular complexity index is 893. The molecule has 2 aromatic carbocycles. The van der Waals surface area contributed by atoms with Gasteiger partial charge in [-0.05, 0) is 54.4 Å². The molecule has 0 aromatic heterocycles. The first-order valence-corrected chi connectivity index (χ1v) is 9.69. The van der Waals surface area contributed by atoms with Crippen molar-refractivity contribution in [1.82, 2.24) is 0 Å². The van der Waals surface area contributed by atoms with E-state index in [1.54, 1.807) is 18.2 Å². The highest BCUT2D eigenvalue weighted by Gasteiger charge is 2.64. The number of nitrogens with zero attached hydrogens (tertiary/aromatic N) is 1. The fraction of sp³-hybridized carbons (Fsp3) is 0.333. The Morgan fingerprint density at radius 2 is 1.50 bits per heavy atom. The zero-order valence-electron chi connectivity index (χ0n) is 13.9. The molecular weight excluding hydrogens is 369 g/mol. The minimum atomic E-state index is -0.218. The molecule has 5 rings (SSSR count). The molecule has 0 radical (unpaired) electrons. The van der Waals surface area contributed by atoms with Crippen molar-refractivity contribution < 1.29 is 9.59 Å². The zero-order chi connectivity index (χ0) is 18.0. The smallest absolute Gasteiger partial charge is 0.237 e. The maximum atomic E-state index is 13.2. The van der Waals surface area contributed by atoms with E-state index in [0.717, 1.165) is 12.8 Å². The Hall–Kier alpha value is -1.84. The van der Waals surface area contributed by atoms with Crippen LogP contribution in [0.2, 0.25) is 10.0 Å². The summed E-state index contributed by atoms with van der Waals surface area (Å²) in [5.74, 6) is 0.301. The number of fused-ring (bicyclic) bond motifs is 5. The molecule has 26 heavy (non-hydrogen) atoms. The molecule has 0 unspecified atom stereocenters. The molecule has 2 saturated carbocycles. The Morgan fingerprint density at radius 1 is 0.846 bits per heavy atom. The summed E-state index contributed by atoms with van der Waals surface area (Å²) in [6, 6.07) is 15.2. The summed E-state index contributed by atoms with van der Waals surface area (Å²) in [6.45, 7) is 0. The standard InChI is InChI=1S/C21H17Cl2NO2/c22-13-8-14(23)10-15(9-13)24-20(25)18-12-6-16(11-4-2-1-3-5-11)17(7-12)19(18)21(24)26/h1-5,8-10,12,16-19H,6-7H2/t12-,16+,17-,18-,19+/m0/s1. The first kappa shape index (κ1) is 16.3. The van der Waals surface area contributed by atoms with Crippen LogP contribution in [0, 0.1) is 23.7 Å². The van der Waals surface area contributed by atoms with Crippen molar-refractivity contribution >= 4 is 40.7 Å². The minimum Gasteiger partial charge on any atom is -0.274 e. The van der Waals surface area contributed by atoms with Gasteiger partial charge >= 0.3 is 0 Å². The number of benzene rings is 2. The van der Waals surface area contributed by atoms with E-state index >= 15 is 0 Å². The van der Waals surface area contributed by atoms with Crippen molar-refractivity contribution in [2.45, 2.75) is 18.8 Å². The summed E-state index contributed by atoms with van der Waals surface area (Å²) < 4.78 is 0. The molecule has 2 aromatic rings. The van der Waals surface area contributed by atoms with Gasteiger partial charge in [0.15, 0.2) is 0 Å². The predicted molar refractivity (Wildman–Crippen MR) is 101 cm³/mol. The van der Waals surface area contributed by atoms with E-state index in [1.165, 1.54) is 10.5 Å². The van der Waals surface area contributed by atoms with Crippen LogP contribution in [0.1, 0.15) is 24.3 Å². The molecule has 0 spiro atoms. The number of rotatable bonds is 2. The molecule has 2 amide bonds. The second kappa shape index (κ2) is 5.83. The van der Waals surface area contributed by atoms with Crippen molar-refractivity contribution in [3.05, 3.63) is 64.1 Å². The van der Waals surface area contributed by atoms with Crippen LogP contribution in [-0.2, 0) is 9.59 Å². The van der Waals surface area contributed by atoms with Crippen molar-refractivity contribution in [2.75, 3.05) is 4.90 Å². The van der Waals surface area contributed by atoms with E-state index in [1.807, 2.05) is 18.2 Å². The van der Waals surface area contributed by atoms with Crippen molar-refractivity contribution in [1.29, 1.82) is 0 Å². The molecule has 5 heteroatoms. The van der Waals surface area contributed by atoms with Gasteiger partial charge in [-0.2, -0.15) is 0 Å². The quantitative estimate of drug-likeness (QED) is 0.687. The molecule has 1 heterocycles. The van der Waals surface area contributed by atoms with Crippen LogP contribution in [0.5, 0.6) is 0 Å². The lowest BCUT2D eigenvalue weighted by Gasteiger charge is -2.28. The number of halogens is 2. The lowest BCUT2D eigenvalue weighted by atomic mass is 9.73. The number of hydrogen-bond acceptors (Lipinski definition) is 2. The van der Waals surface area contributed by atoms with Crippen LogP contribution in [0.3, 0.4) is 0 Å². The molecule has 1 saturated heterocycles. The Kier molecular flexibility index (Phi) is 3.67. The van der Waals surface area contributed by atoms with E-state index in [-0.39, 0.29) is 35.5 Å². The molecule has 3 fully saturated rings. The lowest BCUT2D eigenvalue weighted by molar-refractivity contribution is -0.123. The fourth-order valence-electron chi connectivity index (χ4n) is 5.47. The van der Waals surface area contributed by atoms with Crippen LogP contribution < -0.4 is 4.90 Å². The first-order valence-electron chi connectivity index (χ1n) is 8.93. The van der Waals surface area contributed by atoms with E-state index in [9.17, 15) is 9.59 Å². The summed E-state index contributed by atoms with van der Waals surface area (Å²) in [6.07, 6.45) is 1.95. The second-order valence-corrected chi connectivity index (χ2v) is 8.48. The monoisotopic (exact) mass is 385 g/mol. The van der Waals surface area contributed by atoms with Crippen molar-refractivity contribution in [3.63, 3.8) is 0 Å². The number of imide groups is 1. The van der Waals surface area contributed by atoms with Crippen LogP contribution in [0.4, 0.5) is 5.69 Å². The van der Waals surface area contributed by atoms with E-state index in [2.05, 4.69) is 12.1 Å². The molecule has 3 aliphatic rings. The molecule has 2 bridgehead atoms. The number of carbonyl (C=O) groups is 2. The summed E-state index contributed by atoms with van der Waals surface area (Å²) in [4.78, 5) is 27.6. The molecule has 2 aliphatic carbocycles. The third kappa shape index (κ3) is 2.27. The average molecular weight is 386 g/mol. The van der Waals surface area contributed by atoms with E-state index in [4.69, 9.17) is 23.2 Å². The minimum absolute atomic E-state index is 0.0858. The molecule has 0 N–H and O–H groups in total. The summed E-state index contributed by atoms with van der Waals surface area (Å²) in [5, 5.41) is 0.852. The Balaban J connectivity index is 1.51. The number of hydrogen-bond donors (Lipinski definition) is 0. The third-order valence-corrected chi connectivity index (χ3v) is 6.79. The van der Waals surface area contributed by atoms with Gasteiger partial charge in [0, 0.05) is 10.0 Å². The second-order valence-electron chi connectivity index (χ2n) is 7.60. The third-order valence-electron chi connectivity index (χ3n) is 6.35. The van der Waals surface area contributed by atoms with Gasteiger partial charge in [0.2, 0.25) is 11.8 Å². The van der Waals surface area contributed by atoms with Crippen LogP contribution in [-0.4, -0.2) is 11.8 Å². The lowest BCUT2D eigenvalue weighted by Crippen LogP contribution is -2.33. The average Bonchev–Trinajstić information content (AvgIpc) is 3.26. The first-order chi connectivity index (χ1) is 12.5. The highest BCUT2D eigenvalue weighted by Crippen LogP contribution is 2.61. The van der Waals surface area contributed by atoms with E-state index in [0.29, 0.717) is 21.7 Å². The SMILES string of the molecule is O=C1[C@@H]2[C@H]3C[C@H](C[C@@H]3c3ccccc3)[C@@H]2C(=O)N1c1cc(Cl)cc(Cl)c1. The summed E-state index contributed by atoms with van der Waals surface area (Å²) >= 11 is 12.2. The van der Waals surface area contributed by atoms with Gasteiger partial charge in [0.05, 0.1) is 17.5 Å². The normalized spacial score (nSPS) is 32.4. The van der Waals surface area contributed by atoms with Gasteiger partial charge < -0.3 is 0 Å². The van der Waals surface area contributed by atoms with Gasteiger partial charge in [-0.3, -0.25) is 9.59 Å². The highest BCUT2D eigenvalue weighted by atomic mass is 35.5. The van der Waals surface area contributed by atoms with Crippen LogP contribution >= 0.6 is 23.2 Å². The maximum absolute atomic E-state index is 13.2. The van der Waals surface area contributed by atoms with Crippen molar-refractivity contribution in [3.8, 4) is 0 Å². The van der Waals surface area contributed by atoms with Crippen LogP contribution in [0.15, 0.2) is 48.5 Å². The summed E-state index contributed by atoms with van der Waals surface area (Å²) in [5.41, 5.74) is 1.77. The molecule has 1 aliphatic heterocycles. The molecular formula is C21H17Cl2NO2. The highest BCUT2D eigenvalue weighted by molar-refractivity contribution is 6.35. The van der Waals surface area contributed by atoms with Crippen molar-refractivity contribution in [2.24, 2.45) is 23.7 Å². The molecule has 5 atom stereocenters. The maximum Gasteiger partial charge on any atom is 0.237 e. The fourth-order valence-corrected chi connectivity index (χ4v) is 5.98. The molecule has 132 valence electrons. The predicted octanol–water partition coefficient (Wildman–Crippen LogP) is 4.92. The Labute approximate surface area is 161 Å². The number of amides is 2. The number of carbonyl (C=O) groups excluding carboxylic acids is 2. The van der Waals surface area contributed by atoms with Gasteiger partial charge in [-0.25, -0.2) is 4.90 Å². The zero-order valence-corrected chi connectivity index (χ0v) is 15.5. The van der Waals surface area contributed by atoms with Crippen LogP contribution in [0.25, 0.3) is 0 Å². The van der Waals surface area contributed by atoms with Gasteiger partial charge in [0.1, 0.15) is 0 Å². The van der Waals surface area contributed by atoms with E-state index < -0.39 is 0 Å². The molecule has 3 nitrogen and oxygen atoms in total. The number of anilines is 1. The summed E-state index contributed by atoms with van der Waals surface area (Å²) in [7, 11) is 0. The van der Waals surface area contributed by atoms with Gasteiger partial charge in [0.25, 0.3) is 0 Å². The van der Waals surface area contributed by atoms with Gasteiger partial charge in [-0.1, -0.05) is 53.5 Å². The largest absolute Gasteiger partial charge is 0.274 e.